The Morgan fingerprint density at radius 1 is 1.00 bits per heavy atom. The van der Waals surface area contributed by atoms with Gasteiger partial charge in [-0.3, -0.25) is 18.9 Å². The molecule has 5 N–H and O–H groups in total. The molecule has 23 heteroatoms. The lowest BCUT2D eigenvalue weighted by atomic mass is 9.92. The van der Waals surface area contributed by atoms with Gasteiger partial charge in [0.05, 0.1) is 24.5 Å². The summed E-state index contributed by atoms with van der Waals surface area (Å²) in [7, 11) is -1.80. The van der Waals surface area contributed by atoms with Crippen LogP contribution in [0.3, 0.4) is 0 Å². The molecular weight excluding hydrogens is 935 g/mol. The fraction of sp³-hybridized carbons (Fsp3) is 0.261. The summed E-state index contributed by atoms with van der Waals surface area (Å²) in [6.45, 7) is 1.37. The van der Waals surface area contributed by atoms with Gasteiger partial charge in [-0.1, -0.05) is 35.4 Å². The third-order valence-electron chi connectivity index (χ3n) is 11.4. The summed E-state index contributed by atoms with van der Waals surface area (Å²) in [5.74, 6) is -2.88. The van der Waals surface area contributed by atoms with Gasteiger partial charge in [0.25, 0.3) is 17.7 Å². The summed E-state index contributed by atoms with van der Waals surface area (Å²) in [5.41, 5.74) is 12.7. The standard InChI is InChI=1S/C46H46ClN10O11P/c1-27-5-4-6-34-38(68-46(64)54(2)18-19-55(3)69(65,66)67-20-17-35(45(62)63)52-43(60)29-9-7-28(8-10-29)23-49-53-48)21-37-41(40(27)34)31(22-47)24-57(37)44(61)36-26-56-25-32(13-16-39(56)51-36)50-42(59)30-11-14-33(58)15-12-30/h4-16,21,25-26,31,35,58H,17-20,22-24H2,1-3H3,(H,50,59)(H,52,60)(H,62,63)(H,65,66)/t31-,35?/m1/s1. The number of rotatable bonds is 18. The first-order chi connectivity index (χ1) is 33.0. The fourth-order valence-corrected chi connectivity index (χ4v) is 8.79. The molecule has 0 bridgehead atoms. The number of benzene rings is 4. The van der Waals surface area contributed by atoms with E-state index in [0.717, 1.165) is 21.2 Å². The Balaban J connectivity index is 1.00. The van der Waals surface area contributed by atoms with Crippen molar-refractivity contribution >= 4 is 76.9 Å². The number of imidazole rings is 1. The second-order valence-electron chi connectivity index (χ2n) is 16.1. The maximum absolute atomic E-state index is 14.4. The number of nitrogens with zero attached hydrogens (tertiary/aromatic N) is 8. The van der Waals surface area contributed by atoms with Crippen LogP contribution in [0.25, 0.3) is 26.9 Å². The van der Waals surface area contributed by atoms with E-state index in [0.29, 0.717) is 33.5 Å². The molecule has 0 saturated heterocycles. The van der Waals surface area contributed by atoms with Gasteiger partial charge in [-0.2, -0.15) is 0 Å². The molecule has 0 fully saturated rings. The number of aryl methyl sites for hydroxylation is 1. The van der Waals surface area contributed by atoms with Crippen LogP contribution in [0.5, 0.6) is 11.5 Å². The summed E-state index contributed by atoms with van der Waals surface area (Å²) < 4.78 is 26.9. The first kappa shape index (κ1) is 49.4. The van der Waals surface area contributed by atoms with Crippen molar-refractivity contribution in [3.8, 4) is 11.5 Å². The van der Waals surface area contributed by atoms with Crippen LogP contribution in [0.15, 0.2) is 102 Å². The number of pyridine rings is 1. The second-order valence-corrected chi connectivity index (χ2v) is 18.3. The topological polar surface area (TPSA) is 281 Å². The largest absolute Gasteiger partial charge is 0.508 e. The number of nitrogens with one attached hydrogen (secondary N) is 2. The predicted molar refractivity (Wildman–Crippen MR) is 255 cm³/mol. The van der Waals surface area contributed by atoms with Crippen LogP contribution in [-0.2, 0) is 20.4 Å². The molecule has 1 aliphatic heterocycles. The number of carboxylic acid groups (broad SMARTS) is 1. The average molecular weight is 981 g/mol. The zero-order chi connectivity index (χ0) is 49.6. The van der Waals surface area contributed by atoms with Crippen molar-refractivity contribution in [2.24, 2.45) is 5.11 Å². The van der Waals surface area contributed by atoms with Crippen molar-refractivity contribution < 1.29 is 52.9 Å². The number of aromatic nitrogens is 2. The number of halogens is 1. The number of fused-ring (bicyclic) bond motifs is 4. The summed E-state index contributed by atoms with van der Waals surface area (Å²) in [6.07, 6.45) is 2.00. The molecular formula is C46H46ClN10O11P. The normalized spacial score (nSPS) is 14.4. The van der Waals surface area contributed by atoms with Crippen molar-refractivity contribution in [1.29, 1.82) is 0 Å². The molecule has 69 heavy (non-hydrogen) atoms. The van der Waals surface area contributed by atoms with Gasteiger partial charge in [0.15, 0.2) is 0 Å². The monoisotopic (exact) mass is 980 g/mol. The highest BCUT2D eigenvalue weighted by atomic mass is 35.5. The molecule has 4 amide bonds. The molecule has 0 radical (unpaired) electrons. The zero-order valence-electron chi connectivity index (χ0n) is 37.4. The zero-order valence-corrected chi connectivity index (χ0v) is 39.0. The van der Waals surface area contributed by atoms with E-state index in [1.54, 1.807) is 58.1 Å². The molecule has 2 unspecified atom stereocenters. The maximum atomic E-state index is 14.4. The first-order valence-electron chi connectivity index (χ1n) is 21.3. The molecule has 21 nitrogen and oxygen atoms in total. The average Bonchev–Trinajstić information content (AvgIpc) is 3.93. The Bertz CT molecular complexity index is 3060. The number of aliphatic carboxylic acids is 1. The molecule has 4 aromatic carbocycles. The Morgan fingerprint density at radius 3 is 2.41 bits per heavy atom. The maximum Gasteiger partial charge on any atom is 0.415 e. The molecule has 6 aromatic rings. The number of anilines is 2. The smallest absolute Gasteiger partial charge is 0.415 e. The van der Waals surface area contributed by atoms with E-state index in [-0.39, 0.29) is 67.2 Å². The van der Waals surface area contributed by atoms with Gasteiger partial charge in [-0.05, 0) is 90.1 Å². The molecule has 358 valence electrons. The molecule has 2 aromatic heterocycles. The number of carbonyl (C=O) groups excluding carboxylic acids is 4. The van der Waals surface area contributed by atoms with Gasteiger partial charge in [-0.25, -0.2) is 23.8 Å². The van der Waals surface area contributed by atoms with Crippen LogP contribution >= 0.6 is 19.3 Å². The lowest BCUT2D eigenvalue weighted by Gasteiger charge is -2.25. The van der Waals surface area contributed by atoms with Crippen LogP contribution < -0.4 is 20.3 Å². The Morgan fingerprint density at radius 2 is 1.71 bits per heavy atom. The van der Waals surface area contributed by atoms with E-state index in [9.17, 15) is 43.6 Å². The molecule has 7 rings (SSSR count). The van der Waals surface area contributed by atoms with Gasteiger partial charge in [0.1, 0.15) is 28.9 Å². The molecule has 3 heterocycles. The molecule has 0 spiro atoms. The molecule has 0 aliphatic carbocycles. The van der Waals surface area contributed by atoms with E-state index in [1.807, 2.05) is 19.1 Å². The van der Waals surface area contributed by atoms with E-state index >= 15 is 0 Å². The van der Waals surface area contributed by atoms with Crippen molar-refractivity contribution in [2.45, 2.75) is 31.8 Å². The quantitative estimate of drug-likeness (QED) is 0.0186. The predicted octanol–water partition coefficient (Wildman–Crippen LogP) is 7.30. The lowest BCUT2D eigenvalue weighted by Crippen LogP contribution is -2.41. The number of carboxylic acids is 1. The Hall–Kier alpha value is -7.51. The van der Waals surface area contributed by atoms with Crippen molar-refractivity contribution in [3.05, 3.63) is 141 Å². The number of phenols is 1. The third-order valence-corrected chi connectivity index (χ3v) is 13.4. The number of likely N-dealkylation sites (N-methyl/N-ethyl adjacent to an activating group) is 2. The van der Waals surface area contributed by atoms with Crippen LogP contribution in [0.4, 0.5) is 16.2 Å². The molecule has 0 saturated carbocycles. The number of carbonyl (C=O) groups is 5. The molecule has 1 aliphatic rings. The highest BCUT2D eigenvalue weighted by molar-refractivity contribution is 7.50. The van der Waals surface area contributed by atoms with Gasteiger partial charge < -0.3 is 44.7 Å². The van der Waals surface area contributed by atoms with Crippen molar-refractivity contribution in [1.82, 2.24) is 24.3 Å². The first-order valence-corrected chi connectivity index (χ1v) is 23.3. The number of aromatic hydroxyl groups is 1. The number of alkyl halides is 1. The summed E-state index contributed by atoms with van der Waals surface area (Å²) in [5, 5.41) is 29.2. The Kier molecular flexibility index (Phi) is 15.2. The second kappa shape index (κ2) is 21.2. The lowest BCUT2D eigenvalue weighted by molar-refractivity contribution is -0.139. The minimum absolute atomic E-state index is 0.0281. The van der Waals surface area contributed by atoms with Crippen molar-refractivity contribution in [2.75, 3.05) is 56.4 Å². The number of hydrogen-bond acceptors (Lipinski definition) is 11. The van der Waals surface area contributed by atoms with Gasteiger partial charge in [0, 0.05) is 84.8 Å². The van der Waals surface area contributed by atoms with E-state index in [1.165, 1.54) is 55.4 Å². The third kappa shape index (κ3) is 11.3. The number of ether oxygens (including phenoxy) is 1. The number of amides is 4. The number of hydrogen-bond donors (Lipinski definition) is 5. The summed E-state index contributed by atoms with van der Waals surface area (Å²) >= 11 is 6.55. The van der Waals surface area contributed by atoms with Crippen LogP contribution in [-0.4, -0.2) is 116 Å². The SMILES string of the molecule is Cc1cccc2c(OC(=O)N(C)CCN(C)P(=O)(O)OCCC(NC(=O)c3ccc(CN=[N+]=[N-])cc3)C(=O)O)cc3c(c12)[C@H](CCl)CN3C(=O)c1cn2cc(NC(=O)c3ccc(O)cc3)ccc2n1. The highest BCUT2D eigenvalue weighted by Crippen LogP contribution is 2.48. The Labute approximate surface area is 399 Å². The summed E-state index contributed by atoms with van der Waals surface area (Å²) in [4.78, 5) is 86.2. The molecule has 3 atom stereocenters. The van der Waals surface area contributed by atoms with Gasteiger partial charge in [-0.15, -0.1) is 11.6 Å². The minimum atomic E-state index is -4.52. The highest BCUT2D eigenvalue weighted by Gasteiger charge is 2.37. The van der Waals surface area contributed by atoms with E-state index < -0.39 is 50.2 Å². The van der Waals surface area contributed by atoms with E-state index in [4.69, 9.17) is 26.4 Å². The number of azide groups is 1. The van der Waals surface area contributed by atoms with Crippen LogP contribution in [0.2, 0.25) is 0 Å². The fourth-order valence-electron chi connectivity index (χ4n) is 7.66. The van der Waals surface area contributed by atoms with Crippen LogP contribution in [0, 0.1) is 6.92 Å². The van der Waals surface area contributed by atoms with Gasteiger partial charge >= 0.3 is 19.8 Å². The number of phenolic OH excluding ortho intramolecular Hbond substituents is 1. The van der Waals surface area contributed by atoms with E-state index in [2.05, 4.69) is 25.6 Å². The van der Waals surface area contributed by atoms with Gasteiger partial charge in [0.2, 0.25) is 0 Å². The van der Waals surface area contributed by atoms with Crippen molar-refractivity contribution in [3.63, 3.8) is 0 Å². The summed E-state index contributed by atoms with van der Waals surface area (Å²) in [6, 6.07) is 20.7. The minimum Gasteiger partial charge on any atom is -0.508 e. The van der Waals surface area contributed by atoms with Crippen LogP contribution in [0.1, 0.15) is 60.2 Å².